The highest BCUT2D eigenvalue weighted by Crippen LogP contribution is 2.23. The van der Waals surface area contributed by atoms with Crippen LogP contribution in [0.3, 0.4) is 0 Å². The molecular weight excluding hydrogens is 312 g/mol. The van der Waals surface area contributed by atoms with Crippen LogP contribution in [0.25, 0.3) is 0 Å². The van der Waals surface area contributed by atoms with Crippen LogP contribution in [0.2, 0.25) is 0 Å². The molecule has 0 aliphatic rings. The Bertz CT molecular complexity index is 564. The Labute approximate surface area is 129 Å². The molecule has 2 nitrogen and oxygen atoms in total. The molecule has 1 atom stereocenters. The van der Waals surface area contributed by atoms with E-state index in [1.807, 2.05) is 6.20 Å². The maximum atomic E-state index is 4.49. The van der Waals surface area contributed by atoms with Gasteiger partial charge in [-0.15, -0.1) is 0 Å². The lowest BCUT2D eigenvalue weighted by Crippen LogP contribution is -2.24. The van der Waals surface area contributed by atoms with E-state index < -0.39 is 0 Å². The summed E-state index contributed by atoms with van der Waals surface area (Å²) in [6.07, 6.45) is 2.77. The Morgan fingerprint density at radius 3 is 2.65 bits per heavy atom. The summed E-state index contributed by atoms with van der Waals surface area (Å²) in [5, 5.41) is 3.58. The van der Waals surface area contributed by atoms with Gasteiger partial charge in [0.1, 0.15) is 0 Å². The molecule has 1 heterocycles. The van der Waals surface area contributed by atoms with Crippen LogP contribution in [0, 0.1) is 13.8 Å². The van der Waals surface area contributed by atoms with Crippen LogP contribution in [0.4, 0.5) is 0 Å². The molecule has 2 rings (SSSR count). The standard InChI is InChI=1S/C17H21BrN2/c1-4-19-17(10-15-9-8-14(18)11-20-15)16-7-5-6-12(2)13(16)3/h5-9,11,17,19H,4,10H2,1-3H3. The summed E-state index contributed by atoms with van der Waals surface area (Å²) in [7, 11) is 0. The quantitative estimate of drug-likeness (QED) is 0.880. The van der Waals surface area contributed by atoms with Crippen LogP contribution in [0.5, 0.6) is 0 Å². The fourth-order valence-electron chi connectivity index (χ4n) is 2.43. The van der Waals surface area contributed by atoms with Crippen molar-refractivity contribution in [2.24, 2.45) is 0 Å². The van der Waals surface area contributed by atoms with Crippen LogP contribution in [-0.4, -0.2) is 11.5 Å². The number of nitrogens with zero attached hydrogens (tertiary/aromatic N) is 1. The minimum Gasteiger partial charge on any atom is -0.310 e. The van der Waals surface area contributed by atoms with Crippen molar-refractivity contribution < 1.29 is 0 Å². The van der Waals surface area contributed by atoms with Crippen LogP contribution in [0.15, 0.2) is 41.0 Å². The Morgan fingerprint density at radius 2 is 2.00 bits per heavy atom. The Kier molecular flexibility index (Phi) is 5.32. The fraction of sp³-hybridized carbons (Fsp3) is 0.353. The Balaban J connectivity index is 2.26. The zero-order valence-corrected chi connectivity index (χ0v) is 13.9. The first kappa shape index (κ1) is 15.2. The van der Waals surface area contributed by atoms with Crippen molar-refractivity contribution in [2.45, 2.75) is 33.2 Å². The minimum absolute atomic E-state index is 0.313. The zero-order valence-electron chi connectivity index (χ0n) is 12.3. The van der Waals surface area contributed by atoms with Gasteiger partial charge in [-0.1, -0.05) is 25.1 Å². The molecular formula is C17H21BrN2. The highest BCUT2D eigenvalue weighted by Gasteiger charge is 2.14. The minimum atomic E-state index is 0.313. The van der Waals surface area contributed by atoms with Crippen molar-refractivity contribution in [1.82, 2.24) is 10.3 Å². The molecule has 1 aromatic carbocycles. The van der Waals surface area contributed by atoms with Crippen molar-refractivity contribution in [3.8, 4) is 0 Å². The predicted molar refractivity (Wildman–Crippen MR) is 88.0 cm³/mol. The third kappa shape index (κ3) is 3.68. The second kappa shape index (κ2) is 7.00. The highest BCUT2D eigenvalue weighted by atomic mass is 79.9. The molecule has 1 unspecified atom stereocenters. The number of benzene rings is 1. The van der Waals surface area contributed by atoms with E-state index in [9.17, 15) is 0 Å². The third-order valence-corrected chi connectivity index (χ3v) is 4.14. The van der Waals surface area contributed by atoms with Gasteiger partial charge in [0.25, 0.3) is 0 Å². The molecule has 1 N–H and O–H groups in total. The van der Waals surface area contributed by atoms with Gasteiger partial charge >= 0.3 is 0 Å². The van der Waals surface area contributed by atoms with Crippen LogP contribution in [0.1, 0.15) is 35.3 Å². The van der Waals surface area contributed by atoms with Crippen molar-refractivity contribution in [3.05, 3.63) is 63.4 Å². The van der Waals surface area contributed by atoms with E-state index in [1.54, 1.807) is 0 Å². The van der Waals surface area contributed by atoms with E-state index in [0.29, 0.717) is 6.04 Å². The largest absolute Gasteiger partial charge is 0.310 e. The first-order valence-electron chi connectivity index (χ1n) is 7.01. The number of hydrogen-bond donors (Lipinski definition) is 1. The van der Waals surface area contributed by atoms with Gasteiger partial charge in [-0.25, -0.2) is 0 Å². The lowest BCUT2D eigenvalue weighted by molar-refractivity contribution is 0.541. The lowest BCUT2D eigenvalue weighted by atomic mass is 9.94. The van der Waals surface area contributed by atoms with Gasteiger partial charge in [0.05, 0.1) is 0 Å². The molecule has 1 aromatic heterocycles. The van der Waals surface area contributed by atoms with Gasteiger partial charge in [0, 0.05) is 28.8 Å². The van der Waals surface area contributed by atoms with Crippen molar-refractivity contribution >= 4 is 15.9 Å². The van der Waals surface area contributed by atoms with Gasteiger partial charge in [0.15, 0.2) is 0 Å². The molecule has 0 radical (unpaired) electrons. The number of nitrogens with one attached hydrogen (secondary N) is 1. The smallest absolute Gasteiger partial charge is 0.0423 e. The SMILES string of the molecule is CCNC(Cc1ccc(Br)cn1)c1cccc(C)c1C. The monoisotopic (exact) mass is 332 g/mol. The zero-order chi connectivity index (χ0) is 14.5. The normalized spacial score (nSPS) is 12.4. The molecule has 0 fully saturated rings. The van der Waals surface area contributed by atoms with Gasteiger partial charge < -0.3 is 5.32 Å². The molecule has 2 aromatic rings. The summed E-state index contributed by atoms with van der Waals surface area (Å²) in [6, 6.07) is 11.0. The number of halogens is 1. The number of rotatable bonds is 5. The summed E-state index contributed by atoms with van der Waals surface area (Å²) < 4.78 is 1.02. The fourth-order valence-corrected chi connectivity index (χ4v) is 2.66. The van der Waals surface area contributed by atoms with Gasteiger partial charge in [-0.2, -0.15) is 0 Å². The highest BCUT2D eigenvalue weighted by molar-refractivity contribution is 9.10. The molecule has 0 spiro atoms. The van der Waals surface area contributed by atoms with E-state index in [1.165, 1.54) is 16.7 Å². The number of aromatic nitrogens is 1. The van der Waals surface area contributed by atoms with Crippen LogP contribution < -0.4 is 5.32 Å². The number of hydrogen-bond acceptors (Lipinski definition) is 2. The molecule has 0 saturated heterocycles. The third-order valence-electron chi connectivity index (χ3n) is 3.67. The summed E-state index contributed by atoms with van der Waals surface area (Å²) in [6.45, 7) is 7.46. The maximum Gasteiger partial charge on any atom is 0.0423 e. The predicted octanol–water partition coefficient (Wildman–Crippen LogP) is 4.35. The average molecular weight is 333 g/mol. The Hall–Kier alpha value is -1.19. The van der Waals surface area contributed by atoms with E-state index in [0.717, 1.165) is 23.1 Å². The molecule has 20 heavy (non-hydrogen) atoms. The second-order valence-electron chi connectivity index (χ2n) is 5.07. The van der Waals surface area contributed by atoms with Crippen molar-refractivity contribution in [3.63, 3.8) is 0 Å². The van der Waals surface area contributed by atoms with Crippen LogP contribution in [-0.2, 0) is 6.42 Å². The van der Waals surface area contributed by atoms with Gasteiger partial charge in [-0.3, -0.25) is 4.98 Å². The summed E-state index contributed by atoms with van der Waals surface area (Å²) in [5.74, 6) is 0. The number of aryl methyl sites for hydroxylation is 1. The van der Waals surface area contributed by atoms with E-state index in [4.69, 9.17) is 0 Å². The lowest BCUT2D eigenvalue weighted by Gasteiger charge is -2.21. The molecule has 3 heteroatoms. The van der Waals surface area contributed by atoms with Crippen LogP contribution >= 0.6 is 15.9 Å². The van der Waals surface area contributed by atoms with E-state index in [2.05, 4.69) is 77.3 Å². The average Bonchev–Trinajstić information content (AvgIpc) is 2.44. The molecule has 0 saturated carbocycles. The van der Waals surface area contributed by atoms with Gasteiger partial charge in [0.2, 0.25) is 0 Å². The van der Waals surface area contributed by atoms with Crippen molar-refractivity contribution in [2.75, 3.05) is 6.54 Å². The number of likely N-dealkylation sites (N-methyl/N-ethyl adjacent to an activating group) is 1. The van der Waals surface area contributed by atoms with E-state index >= 15 is 0 Å². The molecule has 0 bridgehead atoms. The topological polar surface area (TPSA) is 24.9 Å². The molecule has 0 amide bonds. The van der Waals surface area contributed by atoms with Gasteiger partial charge in [-0.05, 0) is 65.1 Å². The summed E-state index contributed by atoms with van der Waals surface area (Å²) in [4.78, 5) is 4.49. The molecule has 0 aliphatic carbocycles. The van der Waals surface area contributed by atoms with E-state index in [-0.39, 0.29) is 0 Å². The van der Waals surface area contributed by atoms with Crippen molar-refractivity contribution in [1.29, 1.82) is 0 Å². The first-order chi connectivity index (χ1) is 9.61. The summed E-state index contributed by atoms with van der Waals surface area (Å²) >= 11 is 3.43. The second-order valence-corrected chi connectivity index (χ2v) is 5.99. The summed E-state index contributed by atoms with van der Waals surface area (Å²) in [5.41, 5.74) is 5.20. The Morgan fingerprint density at radius 1 is 1.20 bits per heavy atom. The maximum absolute atomic E-state index is 4.49. The number of pyridine rings is 1. The molecule has 106 valence electrons. The molecule has 0 aliphatic heterocycles. The first-order valence-corrected chi connectivity index (χ1v) is 7.81.